The largest absolute Gasteiger partial charge is 0.506 e. The number of rotatable bonds is 6. The number of halogens is 2. The predicted octanol–water partition coefficient (Wildman–Crippen LogP) is 4.95. The zero-order valence-electron chi connectivity index (χ0n) is 15.4. The number of phenols is 1. The Hall–Kier alpha value is -2.65. The van der Waals surface area contributed by atoms with Crippen LogP contribution in [0.15, 0.2) is 22.2 Å². The molecule has 0 fully saturated rings. The fourth-order valence-corrected chi connectivity index (χ4v) is 4.48. The van der Waals surface area contributed by atoms with Gasteiger partial charge in [0.25, 0.3) is 0 Å². The molecular weight excluding hydrogens is 480 g/mol. The van der Waals surface area contributed by atoms with Crippen LogP contribution in [0.25, 0.3) is 6.08 Å². The highest BCUT2D eigenvalue weighted by Crippen LogP contribution is 2.33. The molecule has 9 heteroatoms. The highest BCUT2D eigenvalue weighted by molar-refractivity contribution is 9.10. The molecule has 0 aliphatic rings. The van der Waals surface area contributed by atoms with Gasteiger partial charge in [0.05, 0.1) is 22.8 Å². The lowest BCUT2D eigenvalue weighted by Crippen LogP contribution is -2.05. The highest BCUT2D eigenvalue weighted by Gasteiger charge is 2.23. The van der Waals surface area contributed by atoms with E-state index in [2.05, 4.69) is 15.9 Å². The number of nitrogens with zero attached hydrogens (tertiary/aromatic N) is 2. The van der Waals surface area contributed by atoms with Crippen LogP contribution in [0.2, 0.25) is 5.02 Å². The summed E-state index contributed by atoms with van der Waals surface area (Å²) in [6.45, 7) is 3.47. The number of ketones is 1. The number of phenolic OH excluding ortho intramolecular Hbond substituents is 1. The van der Waals surface area contributed by atoms with Crippen LogP contribution in [0, 0.1) is 29.6 Å². The zero-order valence-corrected chi connectivity index (χ0v) is 18.5. The Balaban J connectivity index is 2.41. The average molecular weight is 494 g/mol. The van der Waals surface area contributed by atoms with Crippen molar-refractivity contribution in [2.75, 3.05) is 6.61 Å². The lowest BCUT2D eigenvalue weighted by Gasteiger charge is -2.04. The summed E-state index contributed by atoms with van der Waals surface area (Å²) in [6.07, 6.45) is 0.989. The SMILES string of the molecule is CCOC(=O)c1sc(CC(=O)/C(C#N)=C/c2cc(Br)cc(Cl)c2O)c(C#N)c1C. The molecule has 29 heavy (non-hydrogen) atoms. The van der Waals surface area contributed by atoms with Crippen LogP contribution in [0.4, 0.5) is 0 Å². The van der Waals surface area contributed by atoms with E-state index in [1.165, 1.54) is 18.2 Å². The normalized spacial score (nSPS) is 10.9. The number of hydrogen-bond donors (Lipinski definition) is 1. The number of ether oxygens (including phenoxy) is 1. The Morgan fingerprint density at radius 1 is 1.38 bits per heavy atom. The van der Waals surface area contributed by atoms with Crippen molar-refractivity contribution < 1.29 is 19.4 Å². The second-order valence-corrected chi connectivity index (χ2v) is 8.21. The van der Waals surface area contributed by atoms with Crippen LogP contribution in [-0.2, 0) is 16.0 Å². The van der Waals surface area contributed by atoms with Crippen molar-refractivity contribution in [3.8, 4) is 17.9 Å². The third-order valence-electron chi connectivity index (χ3n) is 3.89. The van der Waals surface area contributed by atoms with Gasteiger partial charge in [-0.25, -0.2) is 4.79 Å². The molecule has 0 radical (unpaired) electrons. The van der Waals surface area contributed by atoms with Gasteiger partial charge in [0.1, 0.15) is 22.8 Å². The van der Waals surface area contributed by atoms with Gasteiger partial charge in [-0.05, 0) is 37.6 Å². The van der Waals surface area contributed by atoms with Crippen molar-refractivity contribution in [3.05, 3.63) is 53.6 Å². The summed E-state index contributed by atoms with van der Waals surface area (Å²) in [7, 11) is 0. The van der Waals surface area contributed by atoms with Gasteiger partial charge in [0.2, 0.25) is 0 Å². The number of carbonyl (C=O) groups is 2. The summed E-state index contributed by atoms with van der Waals surface area (Å²) < 4.78 is 5.54. The number of nitriles is 2. The van der Waals surface area contributed by atoms with Crippen molar-refractivity contribution in [1.82, 2.24) is 0 Å². The van der Waals surface area contributed by atoms with Gasteiger partial charge in [-0.2, -0.15) is 10.5 Å². The van der Waals surface area contributed by atoms with E-state index in [4.69, 9.17) is 16.3 Å². The third-order valence-corrected chi connectivity index (χ3v) is 5.91. The Morgan fingerprint density at radius 3 is 2.66 bits per heavy atom. The zero-order chi connectivity index (χ0) is 21.7. The van der Waals surface area contributed by atoms with E-state index < -0.39 is 11.8 Å². The summed E-state index contributed by atoms with van der Waals surface area (Å²) in [6, 6.07) is 6.81. The number of thiophene rings is 1. The highest BCUT2D eigenvalue weighted by atomic mass is 79.9. The summed E-state index contributed by atoms with van der Waals surface area (Å²) in [4.78, 5) is 25.4. The Labute approximate surface area is 184 Å². The number of Topliss-reactive ketones (excluding diaryl/α,β-unsaturated/α-hetero) is 1. The molecule has 0 saturated carbocycles. The molecule has 0 unspecified atom stereocenters. The van der Waals surface area contributed by atoms with Crippen molar-refractivity contribution in [2.24, 2.45) is 0 Å². The van der Waals surface area contributed by atoms with Crippen LogP contribution < -0.4 is 0 Å². The van der Waals surface area contributed by atoms with E-state index in [0.717, 1.165) is 11.3 Å². The number of hydrogen-bond acceptors (Lipinski definition) is 7. The second-order valence-electron chi connectivity index (χ2n) is 5.78. The molecule has 0 aliphatic carbocycles. The average Bonchev–Trinajstić information content (AvgIpc) is 2.98. The van der Waals surface area contributed by atoms with E-state index >= 15 is 0 Å². The molecule has 1 heterocycles. The first kappa shape index (κ1) is 22.6. The molecule has 2 aromatic rings. The fourth-order valence-electron chi connectivity index (χ4n) is 2.50. The minimum Gasteiger partial charge on any atom is -0.506 e. The summed E-state index contributed by atoms with van der Waals surface area (Å²) in [5, 5.41) is 29.0. The molecule has 6 nitrogen and oxygen atoms in total. The molecule has 1 N–H and O–H groups in total. The van der Waals surface area contributed by atoms with Gasteiger partial charge >= 0.3 is 5.97 Å². The van der Waals surface area contributed by atoms with E-state index in [9.17, 15) is 25.2 Å². The quantitative estimate of drug-likeness (QED) is 0.346. The van der Waals surface area contributed by atoms with Crippen molar-refractivity contribution in [2.45, 2.75) is 20.3 Å². The lowest BCUT2D eigenvalue weighted by molar-refractivity contribution is -0.114. The van der Waals surface area contributed by atoms with Crippen LogP contribution in [-0.4, -0.2) is 23.5 Å². The van der Waals surface area contributed by atoms with Crippen molar-refractivity contribution in [1.29, 1.82) is 10.5 Å². The predicted molar refractivity (Wildman–Crippen MR) is 113 cm³/mol. The van der Waals surface area contributed by atoms with Gasteiger partial charge < -0.3 is 9.84 Å². The standard InChI is InChI=1S/C20H14BrClN2O4S/c1-3-28-20(27)19-10(2)14(9-24)17(29-19)7-16(25)12(8-23)4-11-5-13(21)6-15(22)18(11)26/h4-6,26H,3,7H2,1-2H3/b12-4+. The van der Waals surface area contributed by atoms with Crippen molar-refractivity contribution >= 4 is 56.7 Å². The lowest BCUT2D eigenvalue weighted by atomic mass is 10.0. The maximum Gasteiger partial charge on any atom is 0.348 e. The first-order valence-electron chi connectivity index (χ1n) is 8.25. The van der Waals surface area contributed by atoms with Crippen molar-refractivity contribution in [3.63, 3.8) is 0 Å². The molecule has 1 aromatic heterocycles. The maximum atomic E-state index is 12.7. The molecule has 0 amide bonds. The summed E-state index contributed by atoms with van der Waals surface area (Å²) >= 11 is 10.1. The van der Waals surface area contributed by atoms with E-state index in [0.29, 0.717) is 14.9 Å². The molecular formula is C20H14BrClN2O4S. The smallest absolute Gasteiger partial charge is 0.348 e. The number of carbonyl (C=O) groups excluding carboxylic acids is 2. The van der Waals surface area contributed by atoms with Gasteiger partial charge in [-0.1, -0.05) is 27.5 Å². The molecule has 1 aromatic carbocycles. The van der Waals surface area contributed by atoms with E-state index in [1.807, 2.05) is 12.1 Å². The van der Waals surface area contributed by atoms with Gasteiger partial charge in [-0.3, -0.25) is 4.79 Å². The first-order chi connectivity index (χ1) is 13.7. The fraction of sp³-hybridized carbons (Fsp3) is 0.200. The molecule has 2 rings (SSSR count). The molecule has 0 atom stereocenters. The molecule has 148 valence electrons. The number of allylic oxidation sites excluding steroid dienone is 1. The van der Waals surface area contributed by atoms with Crippen LogP contribution >= 0.6 is 38.9 Å². The Morgan fingerprint density at radius 2 is 2.07 bits per heavy atom. The topological polar surface area (TPSA) is 111 Å². The monoisotopic (exact) mass is 492 g/mol. The van der Waals surface area contributed by atoms with Crippen LogP contribution in [0.1, 0.15) is 38.2 Å². The van der Waals surface area contributed by atoms with E-state index in [-0.39, 0.29) is 45.4 Å². The number of benzene rings is 1. The van der Waals surface area contributed by atoms with Gasteiger partial charge in [0.15, 0.2) is 5.78 Å². The number of aromatic hydroxyl groups is 1. The van der Waals surface area contributed by atoms with Crippen LogP contribution in [0.3, 0.4) is 0 Å². The number of esters is 1. The van der Waals surface area contributed by atoms with Crippen LogP contribution in [0.5, 0.6) is 5.75 Å². The van der Waals surface area contributed by atoms with E-state index in [1.54, 1.807) is 13.8 Å². The summed E-state index contributed by atoms with van der Waals surface area (Å²) in [5.41, 5.74) is 0.640. The Bertz CT molecular complexity index is 1110. The van der Waals surface area contributed by atoms with Gasteiger partial charge in [0, 0.05) is 21.3 Å². The Kier molecular flexibility index (Phi) is 7.58. The molecule has 0 aliphatic heterocycles. The first-order valence-corrected chi connectivity index (χ1v) is 10.2. The minimum atomic E-state index is -0.560. The minimum absolute atomic E-state index is 0.0649. The molecule has 0 spiro atoms. The third kappa shape index (κ3) is 5.04. The molecule has 0 saturated heterocycles. The van der Waals surface area contributed by atoms with Gasteiger partial charge in [-0.15, -0.1) is 11.3 Å². The summed E-state index contributed by atoms with van der Waals surface area (Å²) in [5.74, 6) is -1.38. The maximum absolute atomic E-state index is 12.7. The molecule has 0 bridgehead atoms. The second kappa shape index (κ2) is 9.71.